The molecule has 1 aliphatic rings. The van der Waals surface area contributed by atoms with Crippen molar-refractivity contribution >= 4 is 29.9 Å². The van der Waals surface area contributed by atoms with Gasteiger partial charge in [-0.1, -0.05) is 38.1 Å². The average Bonchev–Trinajstić information content (AvgIpc) is 2.71. The van der Waals surface area contributed by atoms with Crippen LogP contribution < -0.4 is 10.6 Å². The molecule has 166 valence electrons. The van der Waals surface area contributed by atoms with Crippen molar-refractivity contribution in [3.8, 4) is 0 Å². The van der Waals surface area contributed by atoms with E-state index in [2.05, 4.69) is 79.3 Å². The SMILES string of the molecule is CCNC(=NCc1ccccc1CN(CC)CC)NC1CCN(C(C)C)CC1.I. The van der Waals surface area contributed by atoms with Crippen molar-refractivity contribution < 1.29 is 0 Å². The van der Waals surface area contributed by atoms with E-state index in [0.29, 0.717) is 12.1 Å². The molecule has 1 aliphatic heterocycles. The van der Waals surface area contributed by atoms with E-state index in [9.17, 15) is 0 Å². The number of aliphatic imine (C=N–C) groups is 1. The van der Waals surface area contributed by atoms with Crippen LogP contribution >= 0.6 is 24.0 Å². The summed E-state index contributed by atoms with van der Waals surface area (Å²) in [7, 11) is 0. The molecule has 1 saturated heterocycles. The summed E-state index contributed by atoms with van der Waals surface area (Å²) in [5.74, 6) is 0.947. The predicted molar refractivity (Wildman–Crippen MR) is 136 cm³/mol. The van der Waals surface area contributed by atoms with Crippen molar-refractivity contribution in [3.05, 3.63) is 35.4 Å². The summed E-state index contributed by atoms with van der Waals surface area (Å²) in [6.45, 7) is 18.2. The fourth-order valence-electron chi connectivity index (χ4n) is 3.79. The molecule has 2 N–H and O–H groups in total. The van der Waals surface area contributed by atoms with Gasteiger partial charge < -0.3 is 15.5 Å². The lowest BCUT2D eigenvalue weighted by Gasteiger charge is -2.35. The van der Waals surface area contributed by atoms with Gasteiger partial charge in [0.25, 0.3) is 0 Å². The molecule has 0 unspecified atom stereocenters. The zero-order valence-corrected chi connectivity index (χ0v) is 21.4. The van der Waals surface area contributed by atoms with Gasteiger partial charge in [0, 0.05) is 38.3 Å². The molecule has 6 heteroatoms. The van der Waals surface area contributed by atoms with Crippen LogP contribution in [0.3, 0.4) is 0 Å². The van der Waals surface area contributed by atoms with Crippen molar-refractivity contribution in [2.24, 2.45) is 4.99 Å². The Morgan fingerprint density at radius 1 is 1.10 bits per heavy atom. The van der Waals surface area contributed by atoms with E-state index in [1.54, 1.807) is 0 Å². The first-order valence-electron chi connectivity index (χ1n) is 11.1. The zero-order chi connectivity index (χ0) is 20.4. The number of likely N-dealkylation sites (tertiary alicyclic amines) is 1. The van der Waals surface area contributed by atoms with Gasteiger partial charge in [0.2, 0.25) is 0 Å². The number of guanidine groups is 1. The largest absolute Gasteiger partial charge is 0.357 e. The van der Waals surface area contributed by atoms with Crippen molar-refractivity contribution in [1.82, 2.24) is 20.4 Å². The zero-order valence-electron chi connectivity index (χ0n) is 19.1. The predicted octanol–water partition coefficient (Wildman–Crippen LogP) is 4.07. The Labute approximate surface area is 195 Å². The average molecular weight is 516 g/mol. The van der Waals surface area contributed by atoms with Crippen LogP contribution in [0.25, 0.3) is 0 Å². The van der Waals surface area contributed by atoms with Gasteiger partial charge in [-0.25, -0.2) is 4.99 Å². The van der Waals surface area contributed by atoms with Crippen LogP contribution in [0.5, 0.6) is 0 Å². The highest BCUT2D eigenvalue weighted by atomic mass is 127. The molecule has 5 nitrogen and oxygen atoms in total. The first-order valence-corrected chi connectivity index (χ1v) is 11.1. The maximum Gasteiger partial charge on any atom is 0.191 e. The minimum absolute atomic E-state index is 0. The second-order valence-electron chi connectivity index (χ2n) is 7.97. The molecular weight excluding hydrogens is 473 g/mol. The molecule has 0 bridgehead atoms. The number of nitrogens with one attached hydrogen (secondary N) is 2. The fourth-order valence-corrected chi connectivity index (χ4v) is 3.79. The quantitative estimate of drug-likeness (QED) is 0.296. The van der Waals surface area contributed by atoms with E-state index in [4.69, 9.17) is 4.99 Å². The number of hydrogen-bond donors (Lipinski definition) is 2. The number of benzene rings is 1. The lowest BCUT2D eigenvalue weighted by atomic mass is 10.0. The standard InChI is InChI=1S/C23H41N5.HI/c1-6-24-23(26-22-13-15-28(16-14-22)19(4)5)25-17-20-11-9-10-12-21(20)18-27(7-2)8-3;/h9-12,19,22H,6-8,13-18H2,1-5H3,(H2,24,25,26);1H. The normalized spacial score (nSPS) is 16.2. The monoisotopic (exact) mass is 515 g/mol. The van der Waals surface area contributed by atoms with Gasteiger partial charge in [-0.2, -0.15) is 0 Å². The van der Waals surface area contributed by atoms with E-state index in [-0.39, 0.29) is 24.0 Å². The molecule has 0 saturated carbocycles. The number of hydrogen-bond acceptors (Lipinski definition) is 3. The maximum absolute atomic E-state index is 4.91. The van der Waals surface area contributed by atoms with Crippen LogP contribution in [0.4, 0.5) is 0 Å². The molecule has 1 aromatic carbocycles. The summed E-state index contributed by atoms with van der Waals surface area (Å²) in [6.07, 6.45) is 2.36. The summed E-state index contributed by atoms with van der Waals surface area (Å²) in [5.41, 5.74) is 2.71. The van der Waals surface area contributed by atoms with Crippen molar-refractivity contribution in [2.45, 2.75) is 72.6 Å². The minimum atomic E-state index is 0. The Morgan fingerprint density at radius 3 is 2.28 bits per heavy atom. The summed E-state index contributed by atoms with van der Waals surface area (Å²) in [6, 6.07) is 9.87. The Balaban J connectivity index is 0.00000420. The van der Waals surface area contributed by atoms with E-state index < -0.39 is 0 Å². The Kier molecular flexibility index (Phi) is 12.8. The van der Waals surface area contributed by atoms with Gasteiger partial charge in [0.05, 0.1) is 6.54 Å². The molecule has 29 heavy (non-hydrogen) atoms. The van der Waals surface area contributed by atoms with Crippen LogP contribution in [-0.4, -0.2) is 60.6 Å². The number of piperidine rings is 1. The smallest absolute Gasteiger partial charge is 0.191 e. The lowest BCUT2D eigenvalue weighted by Crippen LogP contribution is -2.49. The summed E-state index contributed by atoms with van der Waals surface area (Å²) in [4.78, 5) is 9.93. The molecule has 1 heterocycles. The Bertz CT molecular complexity index is 593. The molecule has 0 atom stereocenters. The van der Waals surface area contributed by atoms with Gasteiger partial charge in [-0.3, -0.25) is 4.90 Å². The summed E-state index contributed by atoms with van der Waals surface area (Å²) < 4.78 is 0. The first kappa shape index (κ1) is 26.2. The highest BCUT2D eigenvalue weighted by Crippen LogP contribution is 2.14. The van der Waals surface area contributed by atoms with E-state index in [1.165, 1.54) is 37.1 Å². The van der Waals surface area contributed by atoms with Gasteiger partial charge >= 0.3 is 0 Å². The van der Waals surface area contributed by atoms with E-state index in [1.807, 2.05) is 0 Å². The number of nitrogens with zero attached hydrogens (tertiary/aromatic N) is 3. The molecule has 1 aromatic rings. The fraction of sp³-hybridized carbons (Fsp3) is 0.696. The van der Waals surface area contributed by atoms with Gasteiger partial charge in [-0.15, -0.1) is 24.0 Å². The highest BCUT2D eigenvalue weighted by Gasteiger charge is 2.21. The Hall–Kier alpha value is -0.860. The maximum atomic E-state index is 4.91. The summed E-state index contributed by atoms with van der Waals surface area (Å²) >= 11 is 0. The highest BCUT2D eigenvalue weighted by molar-refractivity contribution is 14.0. The lowest BCUT2D eigenvalue weighted by molar-refractivity contribution is 0.167. The second kappa shape index (κ2) is 14.2. The summed E-state index contributed by atoms with van der Waals surface area (Å²) in [5, 5.41) is 7.10. The van der Waals surface area contributed by atoms with Crippen LogP contribution in [0.1, 0.15) is 58.6 Å². The van der Waals surface area contributed by atoms with Gasteiger partial charge in [0.1, 0.15) is 0 Å². The number of rotatable bonds is 9. The van der Waals surface area contributed by atoms with Crippen LogP contribution in [0.2, 0.25) is 0 Å². The molecule has 0 amide bonds. The molecule has 1 fully saturated rings. The Morgan fingerprint density at radius 2 is 1.72 bits per heavy atom. The molecule has 2 rings (SSSR count). The molecular formula is C23H42IN5. The minimum Gasteiger partial charge on any atom is -0.357 e. The topological polar surface area (TPSA) is 42.9 Å². The van der Waals surface area contributed by atoms with E-state index in [0.717, 1.165) is 38.7 Å². The van der Waals surface area contributed by atoms with Crippen LogP contribution in [0, 0.1) is 0 Å². The molecule has 0 aliphatic carbocycles. The number of halogens is 1. The van der Waals surface area contributed by atoms with Gasteiger partial charge in [-0.05, 0) is 57.8 Å². The molecule has 0 radical (unpaired) electrons. The van der Waals surface area contributed by atoms with Crippen LogP contribution in [0.15, 0.2) is 29.3 Å². The van der Waals surface area contributed by atoms with Gasteiger partial charge in [0.15, 0.2) is 5.96 Å². The third kappa shape index (κ3) is 8.80. The first-order chi connectivity index (χ1) is 13.6. The van der Waals surface area contributed by atoms with Crippen molar-refractivity contribution in [1.29, 1.82) is 0 Å². The second-order valence-corrected chi connectivity index (χ2v) is 7.97. The van der Waals surface area contributed by atoms with Crippen molar-refractivity contribution in [3.63, 3.8) is 0 Å². The van der Waals surface area contributed by atoms with Crippen molar-refractivity contribution in [2.75, 3.05) is 32.7 Å². The molecule has 0 spiro atoms. The third-order valence-corrected chi connectivity index (χ3v) is 5.76. The van der Waals surface area contributed by atoms with E-state index >= 15 is 0 Å². The molecule has 0 aromatic heterocycles. The van der Waals surface area contributed by atoms with Crippen LogP contribution in [-0.2, 0) is 13.1 Å². The third-order valence-electron chi connectivity index (χ3n) is 5.76.